The van der Waals surface area contributed by atoms with Crippen LogP contribution >= 0.6 is 11.6 Å². The fourth-order valence-electron chi connectivity index (χ4n) is 3.83. The van der Waals surface area contributed by atoms with Crippen LogP contribution in [0.25, 0.3) is 11.1 Å². The van der Waals surface area contributed by atoms with E-state index in [2.05, 4.69) is 41.3 Å². The summed E-state index contributed by atoms with van der Waals surface area (Å²) in [7, 11) is 0. The molecule has 0 amide bonds. The number of aromatic nitrogens is 2. The summed E-state index contributed by atoms with van der Waals surface area (Å²) in [6, 6.07) is 3.83. The topological polar surface area (TPSA) is 37.8 Å². The van der Waals surface area contributed by atoms with Crippen LogP contribution in [-0.2, 0) is 0 Å². The number of pyridine rings is 2. The van der Waals surface area contributed by atoms with Crippen molar-refractivity contribution in [1.29, 1.82) is 0 Å². The summed E-state index contributed by atoms with van der Waals surface area (Å²) in [4.78, 5) is 8.73. The van der Waals surface area contributed by atoms with Gasteiger partial charge in [0.2, 0.25) is 0 Å². The van der Waals surface area contributed by atoms with Crippen molar-refractivity contribution in [1.82, 2.24) is 9.97 Å². The highest BCUT2D eigenvalue weighted by atomic mass is 35.5. The van der Waals surface area contributed by atoms with Gasteiger partial charge in [-0.15, -0.1) is 0 Å². The fraction of sp³-hybridized carbons (Fsp3) is 0.312. The molecule has 0 aliphatic heterocycles. The Morgan fingerprint density at radius 3 is 2.59 bits per heavy atom. The lowest BCUT2D eigenvalue weighted by Crippen LogP contribution is -2.07. The van der Waals surface area contributed by atoms with Crippen molar-refractivity contribution < 1.29 is 4.39 Å². The normalized spacial score (nSPS) is 14.0. The molecule has 0 aromatic carbocycles. The highest BCUT2D eigenvalue weighted by molar-refractivity contribution is 6.30. The van der Waals surface area contributed by atoms with Gasteiger partial charge in [-0.25, -0.2) is 9.37 Å². The third kappa shape index (κ3) is 9.62. The van der Waals surface area contributed by atoms with Crippen LogP contribution in [-0.4, -0.2) is 16.5 Å². The molecule has 0 bridgehead atoms. The minimum atomic E-state index is -0.255. The van der Waals surface area contributed by atoms with Gasteiger partial charge in [-0.05, 0) is 86.6 Å². The van der Waals surface area contributed by atoms with E-state index in [1.54, 1.807) is 24.7 Å². The van der Waals surface area contributed by atoms with Gasteiger partial charge >= 0.3 is 0 Å². The molecule has 2 aromatic heterocycles. The summed E-state index contributed by atoms with van der Waals surface area (Å²) in [5.41, 5.74) is 6.33. The van der Waals surface area contributed by atoms with Gasteiger partial charge in [0.05, 0.1) is 5.02 Å². The van der Waals surface area contributed by atoms with E-state index in [4.69, 9.17) is 11.6 Å². The van der Waals surface area contributed by atoms with Gasteiger partial charge in [-0.3, -0.25) is 4.98 Å². The first-order chi connectivity index (χ1) is 17.8. The van der Waals surface area contributed by atoms with Gasteiger partial charge in [-0.2, -0.15) is 0 Å². The van der Waals surface area contributed by atoms with Crippen LogP contribution in [0.4, 0.5) is 10.2 Å². The van der Waals surface area contributed by atoms with E-state index >= 15 is 4.39 Å². The van der Waals surface area contributed by atoms with Crippen LogP contribution in [0, 0.1) is 6.92 Å². The van der Waals surface area contributed by atoms with E-state index in [0.29, 0.717) is 17.1 Å². The summed E-state index contributed by atoms with van der Waals surface area (Å²) >= 11 is 6.15. The lowest BCUT2D eigenvalue weighted by Gasteiger charge is -2.13. The van der Waals surface area contributed by atoms with E-state index in [1.807, 2.05) is 64.1 Å². The fourth-order valence-corrected chi connectivity index (χ4v) is 4.00. The molecule has 0 unspecified atom stereocenters. The Hall–Kier alpha value is -3.24. The van der Waals surface area contributed by atoms with Crippen molar-refractivity contribution >= 4 is 17.4 Å². The summed E-state index contributed by atoms with van der Waals surface area (Å²) in [5.74, 6) is 0.484. The quantitative estimate of drug-likeness (QED) is 0.283. The zero-order valence-corrected chi connectivity index (χ0v) is 23.7. The average Bonchev–Trinajstić information content (AvgIpc) is 2.87. The average molecular weight is 520 g/mol. The number of rotatable bonds is 12. The summed E-state index contributed by atoms with van der Waals surface area (Å²) in [6.07, 6.45) is 21.8. The Morgan fingerprint density at radius 2 is 1.92 bits per heavy atom. The number of nitrogens with one attached hydrogen (secondary N) is 1. The van der Waals surface area contributed by atoms with Crippen LogP contribution in [0.15, 0.2) is 101 Å². The molecule has 0 saturated heterocycles. The van der Waals surface area contributed by atoms with Crippen LogP contribution in [0.2, 0.25) is 5.02 Å². The second-order valence-corrected chi connectivity index (χ2v) is 9.35. The van der Waals surface area contributed by atoms with Gasteiger partial charge in [-0.1, -0.05) is 73.9 Å². The van der Waals surface area contributed by atoms with E-state index < -0.39 is 0 Å². The Balaban J connectivity index is 2.40. The molecule has 0 atom stereocenters. The van der Waals surface area contributed by atoms with Crippen LogP contribution in [0.5, 0.6) is 0 Å². The molecule has 0 aliphatic rings. The van der Waals surface area contributed by atoms with E-state index in [0.717, 1.165) is 58.5 Å². The first-order valence-electron chi connectivity index (χ1n) is 12.9. The Kier molecular flexibility index (Phi) is 12.8. The van der Waals surface area contributed by atoms with Gasteiger partial charge in [0.25, 0.3) is 0 Å². The second kappa shape index (κ2) is 15.8. The molecule has 2 heterocycles. The molecule has 0 fully saturated rings. The lowest BCUT2D eigenvalue weighted by atomic mass is 10.0. The van der Waals surface area contributed by atoms with Gasteiger partial charge in [0.1, 0.15) is 11.6 Å². The van der Waals surface area contributed by atoms with Crippen LogP contribution in [0.1, 0.15) is 59.4 Å². The molecule has 0 aliphatic carbocycles. The van der Waals surface area contributed by atoms with Crippen LogP contribution < -0.4 is 5.32 Å². The molecule has 3 nitrogen and oxygen atoms in total. The first-order valence-corrected chi connectivity index (χ1v) is 13.2. The smallest absolute Gasteiger partial charge is 0.129 e. The number of hydrogen-bond acceptors (Lipinski definition) is 3. The summed E-state index contributed by atoms with van der Waals surface area (Å²) in [6.45, 7) is 12.5. The number of unbranched alkanes of at least 4 members (excludes halogenated alkanes) is 1. The molecule has 5 heteroatoms. The molecule has 196 valence electrons. The molecule has 2 rings (SSSR count). The van der Waals surface area contributed by atoms with Crippen molar-refractivity contribution in [3.8, 4) is 11.1 Å². The SMILES string of the molecule is C\C=C/C(=C\C(C)=C\CC)C(/C)=C(F)/C=C(\C=C\CCC)CNc1nccc(-c2cncc(Cl)c2)c1C. The molecular weight excluding hydrogens is 481 g/mol. The number of anilines is 1. The monoisotopic (exact) mass is 519 g/mol. The van der Waals surface area contributed by atoms with E-state index in [-0.39, 0.29) is 5.83 Å². The third-order valence-electron chi connectivity index (χ3n) is 5.83. The Labute approximate surface area is 227 Å². The highest BCUT2D eigenvalue weighted by Crippen LogP contribution is 2.28. The maximum Gasteiger partial charge on any atom is 0.129 e. The zero-order chi connectivity index (χ0) is 27.2. The van der Waals surface area contributed by atoms with Gasteiger partial charge in [0, 0.05) is 30.7 Å². The summed E-state index contributed by atoms with van der Waals surface area (Å²) < 4.78 is 15.5. The van der Waals surface area contributed by atoms with Crippen molar-refractivity contribution in [2.24, 2.45) is 0 Å². The number of halogens is 2. The number of hydrogen-bond donors (Lipinski definition) is 1. The van der Waals surface area contributed by atoms with Gasteiger partial charge in [0.15, 0.2) is 0 Å². The third-order valence-corrected chi connectivity index (χ3v) is 6.03. The predicted molar refractivity (Wildman–Crippen MR) is 159 cm³/mol. The Bertz CT molecular complexity index is 1230. The largest absolute Gasteiger partial charge is 0.366 e. The Morgan fingerprint density at radius 1 is 1.14 bits per heavy atom. The van der Waals surface area contributed by atoms with Crippen molar-refractivity contribution in [2.45, 2.75) is 60.8 Å². The van der Waals surface area contributed by atoms with Crippen molar-refractivity contribution in [3.63, 3.8) is 0 Å². The van der Waals surface area contributed by atoms with Crippen molar-refractivity contribution in [3.05, 3.63) is 112 Å². The van der Waals surface area contributed by atoms with Crippen LogP contribution in [0.3, 0.4) is 0 Å². The minimum absolute atomic E-state index is 0.255. The lowest BCUT2D eigenvalue weighted by molar-refractivity contribution is 0.655. The molecule has 0 saturated carbocycles. The van der Waals surface area contributed by atoms with Crippen molar-refractivity contribution in [2.75, 3.05) is 11.9 Å². The molecule has 1 N–H and O–H groups in total. The second-order valence-electron chi connectivity index (χ2n) is 8.92. The molecule has 0 spiro atoms. The van der Waals surface area contributed by atoms with Gasteiger partial charge < -0.3 is 5.32 Å². The number of allylic oxidation sites excluding steroid dienone is 10. The van der Waals surface area contributed by atoms with E-state index in [1.165, 1.54) is 0 Å². The maximum atomic E-state index is 15.5. The highest BCUT2D eigenvalue weighted by Gasteiger charge is 2.10. The van der Waals surface area contributed by atoms with E-state index in [9.17, 15) is 0 Å². The standard InChI is InChI=1S/C32H39ClFN3/c1-7-10-11-14-26(18-31(34)24(5)27(13-9-3)17-23(4)12-8-2)20-37-32-25(6)30(15-16-36-32)28-19-29(33)22-35-21-28/h9,11-19,21-22H,7-8,10,20H2,1-6H3,(H,36,37)/b13-9-,14-11+,23-12+,26-18+,27-17+,31-24-. The number of nitrogens with zero attached hydrogens (tertiary/aromatic N) is 2. The molecule has 37 heavy (non-hydrogen) atoms. The first kappa shape index (κ1) is 30.0. The molecule has 0 radical (unpaired) electrons. The maximum absolute atomic E-state index is 15.5. The predicted octanol–water partition coefficient (Wildman–Crippen LogP) is 9.90. The molecular formula is C32H39ClFN3. The minimum Gasteiger partial charge on any atom is -0.366 e. The summed E-state index contributed by atoms with van der Waals surface area (Å²) in [5, 5.41) is 3.98. The zero-order valence-electron chi connectivity index (χ0n) is 22.9. The molecule has 2 aromatic rings.